The lowest BCUT2D eigenvalue weighted by atomic mass is 9.98. The van der Waals surface area contributed by atoms with Crippen molar-refractivity contribution in [3.63, 3.8) is 0 Å². The second kappa shape index (κ2) is 7.41. The maximum atomic E-state index is 12.2. The van der Waals surface area contributed by atoms with E-state index >= 15 is 0 Å². The first-order valence-electron chi connectivity index (χ1n) is 7.33. The Hall–Kier alpha value is -1.39. The van der Waals surface area contributed by atoms with Crippen molar-refractivity contribution < 1.29 is 9.53 Å². The Morgan fingerprint density at radius 2 is 1.85 bits per heavy atom. The summed E-state index contributed by atoms with van der Waals surface area (Å²) < 4.78 is 5.25. The lowest BCUT2D eigenvalue weighted by Crippen LogP contribution is -2.46. The highest BCUT2D eigenvalue weighted by Gasteiger charge is 2.26. The number of benzene rings is 1. The molecule has 0 aliphatic carbocycles. The van der Waals surface area contributed by atoms with E-state index in [1.54, 1.807) is 0 Å². The predicted molar refractivity (Wildman–Crippen MR) is 79.8 cm³/mol. The van der Waals surface area contributed by atoms with Crippen molar-refractivity contribution >= 4 is 5.97 Å². The number of esters is 1. The highest BCUT2D eigenvalue weighted by atomic mass is 16.5. The molecule has 0 spiro atoms. The van der Waals surface area contributed by atoms with Crippen LogP contribution in [0.1, 0.15) is 18.4 Å². The third-order valence-corrected chi connectivity index (χ3v) is 3.81. The van der Waals surface area contributed by atoms with Crippen LogP contribution in [0.3, 0.4) is 0 Å². The van der Waals surface area contributed by atoms with Gasteiger partial charge in [-0.1, -0.05) is 30.3 Å². The number of hydrogen-bond acceptors (Lipinski definition) is 4. The van der Waals surface area contributed by atoms with E-state index in [0.717, 1.165) is 38.3 Å². The zero-order chi connectivity index (χ0) is 14.4. The Morgan fingerprint density at radius 3 is 2.45 bits per heavy atom. The summed E-state index contributed by atoms with van der Waals surface area (Å²) in [6, 6.07) is 9.95. The number of carbonyl (C=O) groups is 1. The number of hydrogen-bond donors (Lipinski definition) is 0. The van der Waals surface area contributed by atoms with Crippen molar-refractivity contribution in [2.45, 2.75) is 12.8 Å². The van der Waals surface area contributed by atoms with Gasteiger partial charge in [0.1, 0.15) is 0 Å². The SMILES string of the molecule is CCOC(=O)C(CN1CCN(C)CC1)c1ccccc1. The number of nitrogens with zero attached hydrogens (tertiary/aromatic N) is 2. The summed E-state index contributed by atoms with van der Waals surface area (Å²) in [5, 5.41) is 0. The Kier molecular flexibility index (Phi) is 5.56. The summed E-state index contributed by atoms with van der Waals surface area (Å²) in [5.74, 6) is -0.294. The van der Waals surface area contributed by atoms with E-state index in [2.05, 4.69) is 16.8 Å². The molecule has 0 amide bonds. The molecule has 1 aromatic carbocycles. The Morgan fingerprint density at radius 1 is 1.20 bits per heavy atom. The molecule has 0 saturated carbocycles. The molecule has 0 aromatic heterocycles. The highest BCUT2D eigenvalue weighted by Crippen LogP contribution is 2.19. The van der Waals surface area contributed by atoms with E-state index in [0.29, 0.717) is 6.61 Å². The molecule has 1 aliphatic rings. The van der Waals surface area contributed by atoms with Crippen molar-refractivity contribution in [2.75, 3.05) is 46.4 Å². The molecule has 1 heterocycles. The van der Waals surface area contributed by atoms with Crippen LogP contribution in [0.2, 0.25) is 0 Å². The van der Waals surface area contributed by atoms with E-state index in [1.807, 2.05) is 37.3 Å². The fourth-order valence-electron chi connectivity index (χ4n) is 2.53. The van der Waals surface area contributed by atoms with E-state index in [-0.39, 0.29) is 11.9 Å². The minimum absolute atomic E-state index is 0.113. The maximum absolute atomic E-state index is 12.2. The van der Waals surface area contributed by atoms with Crippen molar-refractivity contribution in [3.8, 4) is 0 Å². The molecule has 1 atom stereocenters. The Labute approximate surface area is 121 Å². The smallest absolute Gasteiger partial charge is 0.314 e. The molecule has 0 N–H and O–H groups in total. The monoisotopic (exact) mass is 276 g/mol. The standard InChI is InChI=1S/C16H24N2O2/c1-3-20-16(19)15(14-7-5-4-6-8-14)13-18-11-9-17(2)10-12-18/h4-8,15H,3,9-13H2,1-2H3. The molecule has 1 saturated heterocycles. The maximum Gasteiger partial charge on any atom is 0.314 e. The second-order valence-corrected chi connectivity index (χ2v) is 5.32. The van der Waals surface area contributed by atoms with Crippen molar-refractivity contribution in [1.82, 2.24) is 9.80 Å². The molecular formula is C16H24N2O2. The second-order valence-electron chi connectivity index (χ2n) is 5.32. The van der Waals surface area contributed by atoms with Crippen LogP contribution in [-0.2, 0) is 9.53 Å². The van der Waals surface area contributed by atoms with Gasteiger partial charge in [0.25, 0.3) is 0 Å². The average Bonchev–Trinajstić information content (AvgIpc) is 2.48. The summed E-state index contributed by atoms with van der Waals surface area (Å²) in [4.78, 5) is 16.9. The molecule has 4 nitrogen and oxygen atoms in total. The number of piperazine rings is 1. The van der Waals surface area contributed by atoms with Gasteiger partial charge in [0, 0.05) is 32.7 Å². The third-order valence-electron chi connectivity index (χ3n) is 3.81. The van der Waals surface area contributed by atoms with Gasteiger partial charge >= 0.3 is 5.97 Å². The van der Waals surface area contributed by atoms with Gasteiger partial charge in [-0.2, -0.15) is 0 Å². The summed E-state index contributed by atoms with van der Waals surface area (Å²) in [6.45, 7) is 7.19. The van der Waals surface area contributed by atoms with Crippen LogP contribution in [0.4, 0.5) is 0 Å². The molecule has 0 bridgehead atoms. The average molecular weight is 276 g/mol. The fraction of sp³-hybridized carbons (Fsp3) is 0.562. The zero-order valence-corrected chi connectivity index (χ0v) is 12.4. The lowest BCUT2D eigenvalue weighted by Gasteiger charge is -2.34. The van der Waals surface area contributed by atoms with Crippen molar-refractivity contribution in [2.24, 2.45) is 0 Å². The molecule has 1 aliphatic heterocycles. The lowest BCUT2D eigenvalue weighted by molar-refractivity contribution is -0.145. The van der Waals surface area contributed by atoms with Crippen LogP contribution < -0.4 is 0 Å². The first-order chi connectivity index (χ1) is 9.70. The van der Waals surface area contributed by atoms with Crippen molar-refractivity contribution in [1.29, 1.82) is 0 Å². The number of rotatable bonds is 5. The highest BCUT2D eigenvalue weighted by molar-refractivity contribution is 5.78. The van der Waals surface area contributed by atoms with Gasteiger partial charge < -0.3 is 9.64 Å². The first kappa shape index (κ1) is 15.0. The Bertz CT molecular complexity index is 414. The molecule has 0 radical (unpaired) electrons. The molecule has 4 heteroatoms. The molecule has 2 rings (SSSR count). The zero-order valence-electron chi connectivity index (χ0n) is 12.4. The molecule has 1 unspecified atom stereocenters. The molecular weight excluding hydrogens is 252 g/mol. The minimum atomic E-state index is -0.181. The summed E-state index contributed by atoms with van der Waals surface area (Å²) in [5.41, 5.74) is 1.05. The van der Waals surface area contributed by atoms with Crippen molar-refractivity contribution in [3.05, 3.63) is 35.9 Å². The van der Waals surface area contributed by atoms with Crippen LogP contribution in [0, 0.1) is 0 Å². The quantitative estimate of drug-likeness (QED) is 0.765. The first-order valence-corrected chi connectivity index (χ1v) is 7.33. The van der Waals surface area contributed by atoms with Crippen LogP contribution in [0.15, 0.2) is 30.3 Å². The third kappa shape index (κ3) is 4.05. The normalized spacial score (nSPS) is 18.7. The molecule has 20 heavy (non-hydrogen) atoms. The molecule has 110 valence electrons. The summed E-state index contributed by atoms with van der Waals surface area (Å²) >= 11 is 0. The van der Waals surface area contributed by atoms with E-state index in [9.17, 15) is 4.79 Å². The number of ether oxygens (including phenoxy) is 1. The van der Waals surface area contributed by atoms with Crippen LogP contribution in [-0.4, -0.2) is 62.1 Å². The predicted octanol–water partition coefficient (Wildman–Crippen LogP) is 1.58. The van der Waals surface area contributed by atoms with E-state index in [1.165, 1.54) is 0 Å². The van der Waals surface area contributed by atoms with E-state index < -0.39 is 0 Å². The van der Waals surface area contributed by atoms with Crippen LogP contribution >= 0.6 is 0 Å². The minimum Gasteiger partial charge on any atom is -0.465 e. The summed E-state index contributed by atoms with van der Waals surface area (Å²) in [6.07, 6.45) is 0. The van der Waals surface area contributed by atoms with Gasteiger partial charge in [0.05, 0.1) is 12.5 Å². The number of likely N-dealkylation sites (N-methyl/N-ethyl adjacent to an activating group) is 1. The topological polar surface area (TPSA) is 32.8 Å². The van der Waals surface area contributed by atoms with Gasteiger partial charge in [-0.05, 0) is 19.5 Å². The van der Waals surface area contributed by atoms with Gasteiger partial charge in [-0.3, -0.25) is 9.69 Å². The van der Waals surface area contributed by atoms with Gasteiger partial charge in [-0.15, -0.1) is 0 Å². The van der Waals surface area contributed by atoms with Crippen LogP contribution in [0.25, 0.3) is 0 Å². The number of carbonyl (C=O) groups excluding carboxylic acids is 1. The fourth-order valence-corrected chi connectivity index (χ4v) is 2.53. The van der Waals surface area contributed by atoms with Crippen LogP contribution in [0.5, 0.6) is 0 Å². The van der Waals surface area contributed by atoms with Gasteiger partial charge in [-0.25, -0.2) is 0 Å². The van der Waals surface area contributed by atoms with Gasteiger partial charge in [0.15, 0.2) is 0 Å². The van der Waals surface area contributed by atoms with E-state index in [4.69, 9.17) is 4.74 Å². The molecule has 1 aromatic rings. The Balaban J connectivity index is 2.05. The van der Waals surface area contributed by atoms with Gasteiger partial charge in [0.2, 0.25) is 0 Å². The largest absolute Gasteiger partial charge is 0.465 e. The molecule has 1 fully saturated rings. The summed E-state index contributed by atoms with van der Waals surface area (Å²) in [7, 11) is 2.14.